The Morgan fingerprint density at radius 3 is 2.80 bits per heavy atom. The predicted molar refractivity (Wildman–Crippen MR) is 107 cm³/mol. The third-order valence-electron chi connectivity index (χ3n) is 4.90. The molecular formula is C20H16F3N5OS. The van der Waals surface area contributed by atoms with E-state index in [9.17, 15) is 23.2 Å². The SMILES string of the molecule is Cc1cc(C(F)(F)F)c(C#N)c(N2CCC[C@H]2C(=O)Nc2nc3ccccc3s2)n1. The second-order valence-electron chi connectivity index (χ2n) is 6.95. The molecule has 154 valence electrons. The minimum Gasteiger partial charge on any atom is -0.343 e. The second kappa shape index (κ2) is 7.57. The van der Waals surface area contributed by atoms with Crippen LogP contribution in [0.2, 0.25) is 0 Å². The van der Waals surface area contributed by atoms with E-state index in [4.69, 9.17) is 0 Å². The topological polar surface area (TPSA) is 81.9 Å². The summed E-state index contributed by atoms with van der Waals surface area (Å²) in [5.74, 6) is -0.487. The first-order valence-corrected chi connectivity index (χ1v) is 10.0. The number of hydrogen-bond donors (Lipinski definition) is 1. The van der Waals surface area contributed by atoms with Crippen molar-refractivity contribution < 1.29 is 18.0 Å². The lowest BCUT2D eigenvalue weighted by Crippen LogP contribution is -2.40. The largest absolute Gasteiger partial charge is 0.417 e. The van der Waals surface area contributed by atoms with Crippen molar-refractivity contribution in [2.75, 3.05) is 16.8 Å². The summed E-state index contributed by atoms with van der Waals surface area (Å²) in [6, 6.07) is 9.19. The summed E-state index contributed by atoms with van der Waals surface area (Å²) in [7, 11) is 0. The summed E-state index contributed by atoms with van der Waals surface area (Å²) in [5, 5.41) is 12.6. The van der Waals surface area contributed by atoms with E-state index in [1.807, 2.05) is 24.3 Å². The number of fused-ring (bicyclic) bond motifs is 1. The Morgan fingerprint density at radius 1 is 1.33 bits per heavy atom. The van der Waals surface area contributed by atoms with Gasteiger partial charge >= 0.3 is 6.18 Å². The average Bonchev–Trinajstić information content (AvgIpc) is 3.33. The van der Waals surface area contributed by atoms with E-state index in [0.717, 1.165) is 16.3 Å². The Morgan fingerprint density at radius 2 is 2.10 bits per heavy atom. The molecule has 3 aromatic rings. The van der Waals surface area contributed by atoms with E-state index in [-0.39, 0.29) is 17.4 Å². The van der Waals surface area contributed by atoms with Gasteiger partial charge in [-0.3, -0.25) is 4.79 Å². The monoisotopic (exact) mass is 431 g/mol. The molecule has 1 aliphatic heterocycles. The highest BCUT2D eigenvalue weighted by Gasteiger charge is 2.39. The number of amides is 1. The lowest BCUT2D eigenvalue weighted by Gasteiger charge is -2.26. The lowest BCUT2D eigenvalue weighted by molar-refractivity contribution is -0.137. The van der Waals surface area contributed by atoms with Crippen molar-refractivity contribution in [1.29, 1.82) is 5.26 Å². The molecule has 1 N–H and O–H groups in total. The molecule has 0 bridgehead atoms. The second-order valence-corrected chi connectivity index (χ2v) is 7.98. The summed E-state index contributed by atoms with van der Waals surface area (Å²) in [5.41, 5.74) is -0.714. The fourth-order valence-corrected chi connectivity index (χ4v) is 4.47. The van der Waals surface area contributed by atoms with Crippen LogP contribution in [0.5, 0.6) is 0 Å². The molecule has 0 aliphatic carbocycles. The molecule has 1 aliphatic rings. The first kappa shape index (κ1) is 20.1. The minimum atomic E-state index is -4.69. The van der Waals surface area contributed by atoms with Gasteiger partial charge in [-0.25, -0.2) is 9.97 Å². The van der Waals surface area contributed by atoms with Crippen molar-refractivity contribution in [1.82, 2.24) is 9.97 Å². The molecule has 4 rings (SSSR count). The van der Waals surface area contributed by atoms with Gasteiger partial charge in [0.25, 0.3) is 0 Å². The highest BCUT2D eigenvalue weighted by atomic mass is 32.1. The summed E-state index contributed by atoms with van der Waals surface area (Å²) >= 11 is 1.32. The van der Waals surface area contributed by atoms with Gasteiger partial charge in [-0.1, -0.05) is 23.5 Å². The summed E-state index contributed by atoms with van der Waals surface area (Å²) in [6.07, 6.45) is -3.65. The van der Waals surface area contributed by atoms with E-state index in [1.54, 1.807) is 6.07 Å². The van der Waals surface area contributed by atoms with Crippen LogP contribution >= 0.6 is 11.3 Å². The maximum absolute atomic E-state index is 13.4. The van der Waals surface area contributed by atoms with E-state index in [0.29, 0.717) is 24.5 Å². The lowest BCUT2D eigenvalue weighted by atomic mass is 10.1. The highest BCUT2D eigenvalue weighted by molar-refractivity contribution is 7.22. The number of alkyl halides is 3. The maximum atomic E-state index is 13.4. The van der Waals surface area contributed by atoms with Gasteiger partial charge in [0.15, 0.2) is 5.13 Å². The molecule has 1 aromatic carbocycles. The van der Waals surface area contributed by atoms with Gasteiger partial charge < -0.3 is 10.2 Å². The first-order valence-electron chi connectivity index (χ1n) is 9.20. The molecule has 30 heavy (non-hydrogen) atoms. The molecule has 2 aromatic heterocycles. The van der Waals surface area contributed by atoms with Crippen LogP contribution in [0.1, 0.15) is 29.7 Å². The van der Waals surface area contributed by atoms with E-state index in [1.165, 1.54) is 23.2 Å². The molecule has 1 atom stereocenters. The van der Waals surface area contributed by atoms with Crippen LogP contribution < -0.4 is 10.2 Å². The van der Waals surface area contributed by atoms with Crippen molar-refractivity contribution in [3.05, 3.63) is 47.2 Å². The van der Waals surface area contributed by atoms with Gasteiger partial charge in [0, 0.05) is 12.2 Å². The number of nitriles is 1. The molecule has 6 nitrogen and oxygen atoms in total. The minimum absolute atomic E-state index is 0.105. The van der Waals surface area contributed by atoms with Gasteiger partial charge in [-0.05, 0) is 38.0 Å². The van der Waals surface area contributed by atoms with Crippen molar-refractivity contribution in [2.45, 2.75) is 32.0 Å². The van der Waals surface area contributed by atoms with Crippen molar-refractivity contribution in [3.63, 3.8) is 0 Å². The van der Waals surface area contributed by atoms with Gasteiger partial charge in [0.1, 0.15) is 23.5 Å². The third-order valence-corrected chi connectivity index (χ3v) is 5.85. The van der Waals surface area contributed by atoms with Crippen molar-refractivity contribution >= 4 is 38.4 Å². The van der Waals surface area contributed by atoms with Crippen LogP contribution in [0, 0.1) is 18.3 Å². The standard InChI is InChI=1S/C20H16F3N5OS/c1-11-9-13(20(21,22)23)12(10-24)17(25-11)28-8-4-6-15(28)18(29)27-19-26-14-5-2-3-7-16(14)30-19/h2-3,5,7,9,15H,4,6,8H2,1H3,(H,26,27,29)/t15-/m0/s1. The number of aromatic nitrogens is 2. The van der Waals surface area contributed by atoms with Gasteiger partial charge in [0.05, 0.1) is 15.8 Å². The Hall–Kier alpha value is -3.19. The smallest absolute Gasteiger partial charge is 0.343 e. The zero-order valence-corrected chi connectivity index (χ0v) is 16.6. The molecule has 0 spiro atoms. The Bertz CT molecular complexity index is 1130. The zero-order valence-electron chi connectivity index (χ0n) is 15.8. The molecule has 1 amide bonds. The number of carbonyl (C=O) groups is 1. The van der Waals surface area contributed by atoms with Crippen LogP contribution in [0.3, 0.4) is 0 Å². The fraction of sp³-hybridized carbons (Fsp3) is 0.300. The molecule has 3 heterocycles. The van der Waals surface area contributed by atoms with Crippen LogP contribution in [0.25, 0.3) is 10.2 Å². The van der Waals surface area contributed by atoms with Gasteiger partial charge in [-0.2, -0.15) is 18.4 Å². The number of para-hydroxylation sites is 1. The molecule has 0 saturated carbocycles. The Labute approximate surface area is 174 Å². The van der Waals surface area contributed by atoms with Crippen LogP contribution in [0.4, 0.5) is 24.1 Å². The number of aryl methyl sites for hydroxylation is 1. The molecule has 0 radical (unpaired) electrons. The fourth-order valence-electron chi connectivity index (χ4n) is 3.61. The number of anilines is 2. The number of nitrogens with zero attached hydrogens (tertiary/aromatic N) is 4. The normalized spacial score (nSPS) is 16.6. The number of pyridine rings is 1. The molecule has 1 fully saturated rings. The van der Waals surface area contributed by atoms with Crippen LogP contribution in [0.15, 0.2) is 30.3 Å². The zero-order chi connectivity index (χ0) is 21.5. The van der Waals surface area contributed by atoms with E-state index < -0.39 is 23.3 Å². The molecule has 0 unspecified atom stereocenters. The van der Waals surface area contributed by atoms with Crippen molar-refractivity contribution in [2.24, 2.45) is 0 Å². The molecular weight excluding hydrogens is 415 g/mol. The third kappa shape index (κ3) is 3.68. The summed E-state index contributed by atoms with van der Waals surface area (Å²) in [4.78, 5) is 23.0. The quantitative estimate of drug-likeness (QED) is 0.661. The number of halogens is 3. The Balaban J connectivity index is 1.66. The van der Waals surface area contributed by atoms with E-state index in [2.05, 4.69) is 15.3 Å². The molecule has 10 heteroatoms. The predicted octanol–water partition coefficient (Wildman–Crippen LogP) is 4.50. The van der Waals surface area contributed by atoms with Gasteiger partial charge in [-0.15, -0.1) is 0 Å². The first-order chi connectivity index (χ1) is 14.3. The highest BCUT2D eigenvalue weighted by Crippen LogP contribution is 2.38. The number of thiazole rings is 1. The number of hydrogen-bond acceptors (Lipinski definition) is 6. The average molecular weight is 431 g/mol. The number of nitrogens with one attached hydrogen (secondary N) is 1. The Kier molecular flexibility index (Phi) is 5.07. The maximum Gasteiger partial charge on any atom is 0.417 e. The molecule has 1 saturated heterocycles. The van der Waals surface area contributed by atoms with Gasteiger partial charge in [0.2, 0.25) is 5.91 Å². The summed E-state index contributed by atoms with van der Waals surface area (Å²) in [6.45, 7) is 1.77. The van der Waals surface area contributed by atoms with Crippen LogP contribution in [-0.4, -0.2) is 28.5 Å². The number of benzene rings is 1. The van der Waals surface area contributed by atoms with Crippen LogP contribution in [-0.2, 0) is 11.0 Å². The number of carbonyl (C=O) groups excluding carboxylic acids is 1. The number of rotatable bonds is 3. The van der Waals surface area contributed by atoms with Crippen molar-refractivity contribution in [3.8, 4) is 6.07 Å². The summed E-state index contributed by atoms with van der Waals surface area (Å²) < 4.78 is 41.2. The van der Waals surface area contributed by atoms with E-state index >= 15 is 0 Å².